The number of ether oxygens (including phenoxy) is 4. The number of carbonyl (C=O) groups excluding carboxylic acids is 4. The molecule has 0 bridgehead atoms. The summed E-state index contributed by atoms with van der Waals surface area (Å²) in [5.41, 5.74) is 0. The number of esters is 4. The van der Waals surface area contributed by atoms with Crippen molar-refractivity contribution >= 4 is 39.5 Å². The third-order valence-electron chi connectivity index (χ3n) is 17.5. The van der Waals surface area contributed by atoms with Crippen molar-refractivity contribution in [3.63, 3.8) is 0 Å². The lowest BCUT2D eigenvalue weighted by Crippen LogP contribution is -2.30. The Morgan fingerprint density at radius 2 is 0.510 bits per heavy atom. The summed E-state index contributed by atoms with van der Waals surface area (Å²) in [5.74, 6) is -2.23. The SMILES string of the molecule is CCCCC/C=C\C/C=C\C/C=C\C/C=C\C/C=C\CCC(=O)O[C@H](COC(=O)CCCCCCCCCCCCCCCCC)COP(=O)(O)OC[C@@H](O)COP(=O)(O)OC[C@@H](COC(=O)CCCCCCCCCCCCCCC)OC(=O)CCCCCCCCCCCCCCC. The van der Waals surface area contributed by atoms with Crippen LogP contribution in [0.3, 0.4) is 0 Å². The second-order valence-electron chi connectivity index (χ2n) is 27.4. The van der Waals surface area contributed by atoms with Gasteiger partial charge in [0, 0.05) is 25.7 Å². The quantitative estimate of drug-likeness (QED) is 0.0169. The minimum Gasteiger partial charge on any atom is -0.462 e. The zero-order chi connectivity index (χ0) is 73.2. The Morgan fingerprint density at radius 1 is 0.280 bits per heavy atom. The molecule has 0 aromatic heterocycles. The average molecular weight is 1460 g/mol. The number of allylic oxidation sites excluding steroid dienone is 10. The van der Waals surface area contributed by atoms with Gasteiger partial charge in [-0.1, -0.05) is 345 Å². The van der Waals surface area contributed by atoms with Crippen LogP contribution in [0, 0.1) is 0 Å². The van der Waals surface area contributed by atoms with E-state index in [-0.39, 0.29) is 25.7 Å². The third kappa shape index (κ3) is 73.1. The highest BCUT2D eigenvalue weighted by Gasteiger charge is 2.30. The summed E-state index contributed by atoms with van der Waals surface area (Å²) in [5, 5.41) is 10.6. The van der Waals surface area contributed by atoms with E-state index in [0.717, 1.165) is 89.9 Å². The lowest BCUT2D eigenvalue weighted by Gasteiger charge is -2.21. The number of aliphatic hydroxyl groups excluding tert-OH is 1. The summed E-state index contributed by atoms with van der Waals surface area (Å²) in [4.78, 5) is 72.9. The van der Waals surface area contributed by atoms with Gasteiger partial charge in [0.15, 0.2) is 12.2 Å². The average Bonchev–Trinajstić information content (AvgIpc) is 0.934. The van der Waals surface area contributed by atoms with Crippen molar-refractivity contribution in [2.24, 2.45) is 0 Å². The van der Waals surface area contributed by atoms with Gasteiger partial charge in [-0.05, 0) is 64.2 Å². The third-order valence-corrected chi connectivity index (χ3v) is 19.4. The Morgan fingerprint density at radius 3 is 0.810 bits per heavy atom. The summed E-state index contributed by atoms with van der Waals surface area (Å²) < 4.78 is 68.5. The standard InChI is InChI=1S/C81H148O17P2/c1-5-9-13-17-21-25-29-33-35-36-37-38-40-44-48-52-56-60-64-68-81(86)98-77(72-92-79(84)66-62-58-54-50-46-43-39-34-30-26-22-18-14-10-6-2)74-96-100(89,90)94-70-75(82)69-93-99(87,88)95-73-76(97-80(85)67-63-59-55-51-47-42-32-28-24-20-16-12-8-4)71-91-78(83)65-61-57-53-49-45-41-31-27-23-19-15-11-7-3/h21,25,33,35,37-38,44,48,56,60,75-77,82H,5-20,22-24,26-32,34,36,39-43,45-47,49-55,57-59,61-74H2,1-4H3,(H,87,88)(H,89,90)/b25-21-,35-33-,38-37-,48-44-,60-56-/t75-,76+,77+/m0/s1. The fraction of sp³-hybridized carbons (Fsp3) is 0.827. The Bertz CT molecular complexity index is 2130. The second kappa shape index (κ2) is 74.0. The van der Waals surface area contributed by atoms with E-state index in [1.807, 2.05) is 18.2 Å². The van der Waals surface area contributed by atoms with Crippen LogP contribution in [-0.4, -0.2) is 96.7 Å². The molecule has 0 spiro atoms. The maximum absolute atomic E-state index is 13.1. The first kappa shape index (κ1) is 96.8. The first-order valence-corrected chi connectivity index (χ1v) is 43.5. The van der Waals surface area contributed by atoms with Crippen LogP contribution in [0.4, 0.5) is 0 Å². The molecule has 0 aromatic carbocycles. The topological polar surface area (TPSA) is 237 Å². The van der Waals surface area contributed by atoms with Gasteiger partial charge >= 0.3 is 39.5 Å². The molecule has 3 N–H and O–H groups in total. The van der Waals surface area contributed by atoms with Gasteiger partial charge in [-0.25, -0.2) is 9.13 Å². The number of carbonyl (C=O) groups is 4. The van der Waals surface area contributed by atoms with Gasteiger partial charge in [0.1, 0.15) is 19.3 Å². The van der Waals surface area contributed by atoms with Crippen LogP contribution < -0.4 is 0 Å². The van der Waals surface area contributed by atoms with E-state index < -0.39 is 97.5 Å². The molecule has 19 heteroatoms. The number of hydrogen-bond acceptors (Lipinski definition) is 15. The molecule has 0 amide bonds. The van der Waals surface area contributed by atoms with E-state index >= 15 is 0 Å². The van der Waals surface area contributed by atoms with Crippen LogP contribution in [0.2, 0.25) is 0 Å². The van der Waals surface area contributed by atoms with E-state index in [9.17, 15) is 43.2 Å². The summed E-state index contributed by atoms with van der Waals surface area (Å²) in [6.07, 6.45) is 73.5. The van der Waals surface area contributed by atoms with E-state index in [1.54, 1.807) is 0 Å². The van der Waals surface area contributed by atoms with Crippen molar-refractivity contribution in [3.05, 3.63) is 60.8 Å². The van der Waals surface area contributed by atoms with E-state index in [2.05, 4.69) is 70.2 Å². The number of hydrogen-bond donors (Lipinski definition) is 3. The Labute approximate surface area is 610 Å². The molecule has 100 heavy (non-hydrogen) atoms. The molecule has 0 rings (SSSR count). The van der Waals surface area contributed by atoms with E-state index in [1.165, 1.54) is 199 Å². The Kier molecular flexibility index (Phi) is 71.6. The van der Waals surface area contributed by atoms with Gasteiger partial charge in [-0.15, -0.1) is 0 Å². The van der Waals surface area contributed by atoms with Gasteiger partial charge in [0.2, 0.25) is 0 Å². The molecule has 584 valence electrons. The molecular formula is C81H148O17P2. The molecule has 0 saturated heterocycles. The number of unbranched alkanes of at least 4 members (excludes halogenated alkanes) is 41. The molecule has 0 fully saturated rings. The van der Waals surface area contributed by atoms with Crippen molar-refractivity contribution in [3.8, 4) is 0 Å². The second-order valence-corrected chi connectivity index (χ2v) is 30.3. The summed E-state index contributed by atoms with van der Waals surface area (Å²) in [7, 11) is -9.96. The van der Waals surface area contributed by atoms with Crippen molar-refractivity contribution in [2.75, 3.05) is 39.6 Å². The highest BCUT2D eigenvalue weighted by Crippen LogP contribution is 2.45. The monoisotopic (exact) mass is 1460 g/mol. The summed E-state index contributed by atoms with van der Waals surface area (Å²) >= 11 is 0. The minimum absolute atomic E-state index is 0.0229. The molecule has 5 atom stereocenters. The van der Waals surface area contributed by atoms with E-state index in [4.69, 9.17) is 37.0 Å². The van der Waals surface area contributed by atoms with E-state index in [0.29, 0.717) is 32.1 Å². The fourth-order valence-electron chi connectivity index (χ4n) is 11.3. The van der Waals surface area contributed by atoms with Crippen LogP contribution in [0.1, 0.15) is 374 Å². The van der Waals surface area contributed by atoms with Crippen molar-refractivity contribution in [2.45, 2.75) is 393 Å². The zero-order valence-corrected chi connectivity index (χ0v) is 65.7. The minimum atomic E-state index is -4.99. The van der Waals surface area contributed by atoms with Gasteiger partial charge < -0.3 is 33.8 Å². The number of aliphatic hydroxyl groups is 1. The van der Waals surface area contributed by atoms with Crippen LogP contribution in [-0.2, 0) is 65.4 Å². The molecule has 17 nitrogen and oxygen atoms in total. The van der Waals surface area contributed by atoms with Crippen LogP contribution in [0.5, 0.6) is 0 Å². The highest BCUT2D eigenvalue weighted by atomic mass is 31.2. The van der Waals surface area contributed by atoms with Gasteiger partial charge in [-0.3, -0.25) is 37.3 Å². The summed E-state index contributed by atoms with van der Waals surface area (Å²) in [6, 6.07) is 0. The Hall–Kier alpha value is -3.24. The smallest absolute Gasteiger partial charge is 0.462 e. The van der Waals surface area contributed by atoms with Gasteiger partial charge in [-0.2, -0.15) is 0 Å². The molecule has 2 unspecified atom stereocenters. The zero-order valence-electron chi connectivity index (χ0n) is 63.9. The first-order valence-electron chi connectivity index (χ1n) is 40.5. The van der Waals surface area contributed by atoms with Crippen molar-refractivity contribution < 1.29 is 80.2 Å². The maximum Gasteiger partial charge on any atom is 0.472 e. The molecular weight excluding hydrogens is 1310 g/mol. The lowest BCUT2D eigenvalue weighted by atomic mass is 10.0. The highest BCUT2D eigenvalue weighted by molar-refractivity contribution is 7.47. The normalized spacial score (nSPS) is 14.2. The predicted octanol–water partition coefficient (Wildman–Crippen LogP) is 23.5. The predicted molar refractivity (Wildman–Crippen MR) is 409 cm³/mol. The largest absolute Gasteiger partial charge is 0.472 e. The summed E-state index contributed by atoms with van der Waals surface area (Å²) in [6.45, 7) is 4.85. The molecule has 0 aliphatic rings. The molecule has 0 aliphatic carbocycles. The number of rotatable bonds is 77. The fourth-order valence-corrected chi connectivity index (χ4v) is 12.9. The molecule has 0 heterocycles. The molecule has 0 aliphatic heterocycles. The van der Waals surface area contributed by atoms with Crippen LogP contribution >= 0.6 is 15.6 Å². The first-order chi connectivity index (χ1) is 48.7. The van der Waals surface area contributed by atoms with Crippen molar-refractivity contribution in [1.82, 2.24) is 0 Å². The lowest BCUT2D eigenvalue weighted by molar-refractivity contribution is -0.161. The number of phosphoric ester groups is 2. The Balaban J connectivity index is 5.37. The maximum atomic E-state index is 13.1. The van der Waals surface area contributed by atoms with Gasteiger partial charge in [0.05, 0.1) is 26.4 Å². The van der Waals surface area contributed by atoms with Crippen molar-refractivity contribution in [1.29, 1.82) is 0 Å². The molecule has 0 radical (unpaired) electrons. The van der Waals surface area contributed by atoms with Crippen LogP contribution in [0.25, 0.3) is 0 Å². The molecule has 0 aromatic rings. The number of phosphoric acid groups is 2. The van der Waals surface area contributed by atoms with Crippen LogP contribution in [0.15, 0.2) is 60.8 Å². The molecule has 0 saturated carbocycles. The van der Waals surface area contributed by atoms with Gasteiger partial charge in [0.25, 0.3) is 0 Å².